The first-order valence-corrected chi connectivity index (χ1v) is 21.6. The number of likely N-dealkylation sites (tertiary alicyclic amines) is 2. The highest BCUT2D eigenvalue weighted by atomic mass is 16.5. The highest BCUT2D eigenvalue weighted by Gasteiger charge is 2.55. The number of rotatable bonds is 13. The number of nitrogens with one attached hydrogen (secondary N) is 3. The van der Waals surface area contributed by atoms with Gasteiger partial charge in [-0.15, -0.1) is 0 Å². The zero-order valence-electron chi connectivity index (χ0n) is 36.2. The number of fused-ring (bicyclic) bond motifs is 1. The predicted octanol–water partition coefficient (Wildman–Crippen LogP) is 9.70. The summed E-state index contributed by atoms with van der Waals surface area (Å²) in [6.07, 6.45) is 10.4. The van der Waals surface area contributed by atoms with Crippen LogP contribution >= 0.6 is 0 Å². The van der Waals surface area contributed by atoms with Crippen LogP contribution in [0, 0.1) is 11.3 Å². The molecule has 318 valence electrons. The molecule has 7 rings (SSSR count). The number of aromatic nitrogens is 4. The molecule has 2 amide bonds. The van der Waals surface area contributed by atoms with E-state index in [1.54, 1.807) is 4.90 Å². The van der Waals surface area contributed by atoms with Gasteiger partial charge < -0.3 is 25.1 Å². The Kier molecular flexibility index (Phi) is 12.5. The summed E-state index contributed by atoms with van der Waals surface area (Å²) in [4.78, 5) is 57.7. The highest BCUT2D eigenvalue weighted by molar-refractivity contribution is 6.32. The number of carbonyl (C=O) groups excluding carboxylic acids is 2. The largest absolute Gasteiger partial charge is 0.465 e. The lowest BCUT2D eigenvalue weighted by Crippen LogP contribution is -2.53. The van der Waals surface area contributed by atoms with E-state index in [9.17, 15) is 19.5 Å². The van der Waals surface area contributed by atoms with Crippen molar-refractivity contribution in [2.45, 2.75) is 117 Å². The fraction of sp³-hybridized carbons (Fsp3) is 0.479. The van der Waals surface area contributed by atoms with Crippen LogP contribution in [0.2, 0.25) is 0 Å². The Morgan fingerprint density at radius 1 is 0.900 bits per heavy atom. The number of hydrogen-bond acceptors (Lipinski definition) is 7. The number of nitrogens with zero attached hydrogens (tertiary/aromatic N) is 4. The normalized spacial score (nSPS) is 19.5. The second kappa shape index (κ2) is 17.6. The summed E-state index contributed by atoms with van der Waals surface area (Å²) in [6, 6.07) is 21.7. The molecule has 0 spiro atoms. The van der Waals surface area contributed by atoms with E-state index in [1.807, 2.05) is 12.4 Å². The molecule has 0 saturated carbocycles. The summed E-state index contributed by atoms with van der Waals surface area (Å²) in [5, 5.41) is 15.3. The predicted molar refractivity (Wildman–Crippen MR) is 235 cm³/mol. The van der Waals surface area contributed by atoms with Gasteiger partial charge in [-0.1, -0.05) is 103 Å². The third-order valence-corrected chi connectivity index (χ3v) is 13.1. The van der Waals surface area contributed by atoms with E-state index in [0.29, 0.717) is 12.4 Å². The molecule has 0 radical (unpaired) electrons. The van der Waals surface area contributed by atoms with Gasteiger partial charge in [0.15, 0.2) is 0 Å². The topological polar surface area (TPSA) is 157 Å². The van der Waals surface area contributed by atoms with Gasteiger partial charge in [-0.2, -0.15) is 0 Å². The van der Waals surface area contributed by atoms with E-state index in [-0.39, 0.29) is 29.5 Å². The van der Waals surface area contributed by atoms with Gasteiger partial charge in [-0.05, 0) is 96.0 Å². The number of esters is 1. The summed E-state index contributed by atoms with van der Waals surface area (Å²) >= 11 is 0. The molecule has 4 N–H and O–H groups in total. The summed E-state index contributed by atoms with van der Waals surface area (Å²) in [7, 11) is 1.23. The van der Waals surface area contributed by atoms with Crippen LogP contribution < -0.4 is 5.32 Å². The molecule has 0 bridgehead atoms. The zero-order valence-corrected chi connectivity index (χ0v) is 36.2. The van der Waals surface area contributed by atoms with E-state index < -0.39 is 23.5 Å². The Morgan fingerprint density at radius 2 is 1.55 bits per heavy atom. The zero-order chi connectivity index (χ0) is 42.8. The maximum Gasteiger partial charge on any atom is 0.408 e. The molecule has 12 nitrogen and oxygen atoms in total. The molecule has 0 aliphatic carbocycles. The summed E-state index contributed by atoms with van der Waals surface area (Å²) < 4.78 is 4.68. The van der Waals surface area contributed by atoms with Crippen LogP contribution in [0.25, 0.3) is 44.4 Å². The molecule has 4 atom stereocenters. The van der Waals surface area contributed by atoms with Crippen LogP contribution in [0.5, 0.6) is 0 Å². The minimum Gasteiger partial charge on any atom is -0.465 e. The number of ether oxygens (including phenoxy) is 1. The monoisotopic (exact) mass is 815 g/mol. The molecule has 2 aliphatic heterocycles. The van der Waals surface area contributed by atoms with Crippen molar-refractivity contribution in [3.05, 3.63) is 84.7 Å². The lowest BCUT2D eigenvalue weighted by atomic mass is 9.71. The summed E-state index contributed by atoms with van der Waals surface area (Å²) in [6.45, 7) is 14.1. The van der Waals surface area contributed by atoms with E-state index in [0.717, 1.165) is 108 Å². The molecule has 2 saturated heterocycles. The number of hydrogen-bond donors (Lipinski definition) is 4. The Hall–Kier alpha value is -5.49. The van der Waals surface area contributed by atoms with E-state index in [2.05, 4.69) is 127 Å². The molecule has 12 heteroatoms. The van der Waals surface area contributed by atoms with Crippen molar-refractivity contribution in [2.24, 2.45) is 11.3 Å². The van der Waals surface area contributed by atoms with Crippen LogP contribution in [0.15, 0.2) is 73.1 Å². The average Bonchev–Trinajstić information content (AvgIpc) is 4.07. The maximum atomic E-state index is 12.5. The van der Waals surface area contributed by atoms with Gasteiger partial charge in [-0.25, -0.2) is 19.6 Å². The van der Waals surface area contributed by atoms with Crippen LogP contribution in [-0.2, 0) is 19.9 Å². The van der Waals surface area contributed by atoms with Crippen LogP contribution in [0.1, 0.15) is 111 Å². The Labute approximate surface area is 353 Å². The molecule has 60 heavy (non-hydrogen) atoms. The van der Waals surface area contributed by atoms with Crippen molar-refractivity contribution in [3.8, 4) is 33.6 Å². The molecule has 2 aliphatic rings. The average molecular weight is 816 g/mol. The van der Waals surface area contributed by atoms with Crippen molar-refractivity contribution in [2.75, 3.05) is 20.2 Å². The first-order valence-electron chi connectivity index (χ1n) is 21.6. The number of imidazole rings is 2. The number of carboxylic acid groups (broad SMARTS) is 1. The third-order valence-electron chi connectivity index (χ3n) is 13.1. The van der Waals surface area contributed by atoms with Crippen molar-refractivity contribution in [1.29, 1.82) is 0 Å². The molecular formula is C48H61N7O5. The van der Waals surface area contributed by atoms with Gasteiger partial charge in [0.2, 0.25) is 0 Å². The minimum absolute atomic E-state index is 0.143. The first-order chi connectivity index (χ1) is 28.7. The number of carbonyl (C=O) groups is 3. The second-order valence-corrected chi connectivity index (χ2v) is 18.1. The van der Waals surface area contributed by atoms with Crippen LogP contribution in [0.4, 0.5) is 4.79 Å². The first kappa shape index (κ1) is 42.6. The van der Waals surface area contributed by atoms with E-state index >= 15 is 0 Å². The SMILES string of the molecule is CCCCC(CC(NC(=O)C(=O)OC)C(C)C)N1CCCC1c1ncc(-c2ccc3cc(-c4ccc(-c5cnc(C6(C(C)(C)C)CCCN6C(=O)O)[nH]5)cc4)ccc3c2)[nH]1. The van der Waals surface area contributed by atoms with Crippen LogP contribution in [-0.4, -0.2) is 85.1 Å². The summed E-state index contributed by atoms with van der Waals surface area (Å²) in [5.74, 6) is 0.268. The lowest BCUT2D eigenvalue weighted by Gasteiger charge is -2.45. The quantitative estimate of drug-likeness (QED) is 0.0676. The number of H-pyrrole nitrogens is 2. The number of methoxy groups -OCH3 is 1. The molecule has 4 unspecified atom stereocenters. The van der Waals surface area contributed by atoms with Gasteiger partial charge in [0, 0.05) is 24.2 Å². The number of amides is 2. The number of unbranched alkanes of at least 4 members (excludes halogenated alkanes) is 1. The van der Waals surface area contributed by atoms with Gasteiger partial charge in [0.1, 0.15) is 17.2 Å². The summed E-state index contributed by atoms with van der Waals surface area (Å²) in [5.41, 5.74) is 5.08. The van der Waals surface area contributed by atoms with Crippen LogP contribution in [0.3, 0.4) is 0 Å². The fourth-order valence-electron chi connectivity index (χ4n) is 9.71. The minimum atomic E-state index is -0.910. The molecular weight excluding hydrogens is 755 g/mol. The molecule has 3 aromatic carbocycles. The Morgan fingerprint density at radius 3 is 2.22 bits per heavy atom. The molecule has 5 aromatic rings. The van der Waals surface area contributed by atoms with Gasteiger partial charge in [0.05, 0.1) is 36.9 Å². The van der Waals surface area contributed by atoms with E-state index in [4.69, 9.17) is 9.97 Å². The van der Waals surface area contributed by atoms with E-state index in [1.165, 1.54) is 7.11 Å². The second-order valence-electron chi connectivity index (χ2n) is 18.1. The Bertz CT molecular complexity index is 2310. The number of benzene rings is 3. The maximum absolute atomic E-state index is 12.5. The highest BCUT2D eigenvalue weighted by Crippen LogP contribution is 2.50. The van der Waals surface area contributed by atoms with Crippen molar-refractivity contribution >= 4 is 28.7 Å². The van der Waals surface area contributed by atoms with Gasteiger partial charge in [0.25, 0.3) is 0 Å². The molecule has 4 heterocycles. The van der Waals surface area contributed by atoms with Gasteiger partial charge in [-0.3, -0.25) is 14.6 Å². The Balaban J connectivity index is 1.06. The van der Waals surface area contributed by atoms with Crippen molar-refractivity contribution < 1.29 is 24.2 Å². The smallest absolute Gasteiger partial charge is 0.408 e. The standard InChI is InChI=1S/C48H61N7O5/c1-8-9-12-37(27-38(30(2)3)52-43(56)44(57)60-7)54-23-10-13-41(54)42-49-28-40(51-42)36-21-20-34-25-33(18-19-35(34)26-36)31-14-16-32(17-15-31)39-29-50-45(53-39)48(47(4,5)6)22-11-24-55(48)46(58)59/h14-21,25-26,28-30,37-38,41H,8-13,22-24,27H2,1-7H3,(H,49,51)(H,50,53)(H,52,56)(H,58,59). The van der Waals surface area contributed by atoms with Crippen molar-refractivity contribution in [1.82, 2.24) is 35.1 Å². The fourth-order valence-corrected chi connectivity index (χ4v) is 9.71. The molecule has 2 fully saturated rings. The van der Waals surface area contributed by atoms with Gasteiger partial charge >= 0.3 is 18.0 Å². The molecule has 2 aromatic heterocycles. The number of aromatic amines is 2. The lowest BCUT2D eigenvalue weighted by molar-refractivity contribution is -0.153. The van der Waals surface area contributed by atoms with Crippen molar-refractivity contribution in [3.63, 3.8) is 0 Å². The third kappa shape index (κ3) is 8.44.